The quantitative estimate of drug-likeness (QED) is 0.760. The van der Waals surface area contributed by atoms with Crippen molar-refractivity contribution < 1.29 is 0 Å². The molecule has 0 amide bonds. The van der Waals surface area contributed by atoms with Crippen molar-refractivity contribution in [2.24, 2.45) is 11.1 Å². The van der Waals surface area contributed by atoms with Gasteiger partial charge in [-0.3, -0.25) is 0 Å². The Kier molecular flexibility index (Phi) is 2.53. The van der Waals surface area contributed by atoms with E-state index in [4.69, 9.17) is 5.73 Å². The van der Waals surface area contributed by atoms with Crippen LogP contribution in [0.2, 0.25) is 0 Å². The first-order valence-corrected chi connectivity index (χ1v) is 5.41. The fourth-order valence-corrected chi connectivity index (χ4v) is 1.84. The summed E-state index contributed by atoms with van der Waals surface area (Å²) >= 11 is 0. The third-order valence-electron chi connectivity index (χ3n) is 2.81. The lowest BCUT2D eigenvalue weighted by molar-refractivity contribution is 0.633. The van der Waals surface area contributed by atoms with E-state index in [2.05, 4.69) is 49.3 Å². The molecule has 3 N–H and O–H groups in total. The average Bonchev–Trinajstić information content (AvgIpc) is 2.49. The van der Waals surface area contributed by atoms with E-state index >= 15 is 0 Å². The topological polar surface area (TPSA) is 41.8 Å². The maximum Gasteiger partial charge on any atom is 0.0453 e. The molecule has 0 saturated heterocycles. The number of fused-ring (bicyclic) bond motifs is 1. The van der Waals surface area contributed by atoms with Gasteiger partial charge in [0.2, 0.25) is 0 Å². The number of allylic oxidation sites excluding steroid dienone is 2. The van der Waals surface area contributed by atoms with Crippen molar-refractivity contribution in [2.45, 2.75) is 20.3 Å². The number of H-pyrrole nitrogens is 1. The maximum atomic E-state index is 5.59. The third kappa shape index (κ3) is 2.05. The molecule has 0 atom stereocenters. The summed E-state index contributed by atoms with van der Waals surface area (Å²) in [5.41, 5.74) is 9.53. The lowest BCUT2D eigenvalue weighted by atomic mass is 9.93. The predicted octanol–water partition coefficient (Wildman–Crippen LogP) is 2.58. The Balaban J connectivity index is 2.41. The minimum Gasteiger partial charge on any atom is -0.361 e. The van der Waals surface area contributed by atoms with Gasteiger partial charge in [0.05, 0.1) is 0 Å². The van der Waals surface area contributed by atoms with Crippen molar-refractivity contribution in [3.63, 3.8) is 0 Å². The standard InChI is InChI=1S/C13H18N2/c1-13(2)6-3-11-10(5-8-14)9-15-12(11)4-7-13/h3-4,6-7,9,15H,5,8,14H2,1-2H3. The number of hydrogen-bond donors (Lipinski definition) is 2. The van der Waals surface area contributed by atoms with E-state index in [1.54, 1.807) is 0 Å². The van der Waals surface area contributed by atoms with Gasteiger partial charge >= 0.3 is 0 Å². The number of nitrogens with two attached hydrogens (primary N) is 1. The van der Waals surface area contributed by atoms with Crippen molar-refractivity contribution in [3.05, 3.63) is 35.2 Å². The largest absolute Gasteiger partial charge is 0.361 e. The number of nitrogens with one attached hydrogen (secondary N) is 1. The van der Waals surface area contributed by atoms with Crippen molar-refractivity contribution in [1.29, 1.82) is 0 Å². The second kappa shape index (κ2) is 3.70. The SMILES string of the molecule is CC1(C)C=Cc2[nH]cc(CCN)c2C=C1. The highest BCUT2D eigenvalue weighted by Crippen LogP contribution is 2.28. The molecule has 0 bridgehead atoms. The van der Waals surface area contributed by atoms with Crippen LogP contribution in [0.25, 0.3) is 12.2 Å². The van der Waals surface area contributed by atoms with Crippen LogP contribution in [0.1, 0.15) is 30.7 Å². The summed E-state index contributed by atoms with van der Waals surface area (Å²) in [4.78, 5) is 3.30. The molecule has 2 nitrogen and oxygen atoms in total. The van der Waals surface area contributed by atoms with Crippen LogP contribution >= 0.6 is 0 Å². The molecule has 2 heteroatoms. The van der Waals surface area contributed by atoms with E-state index in [0.717, 1.165) is 6.42 Å². The van der Waals surface area contributed by atoms with Gasteiger partial charge in [-0.1, -0.05) is 32.1 Å². The zero-order chi connectivity index (χ0) is 10.9. The van der Waals surface area contributed by atoms with Gasteiger partial charge in [-0.2, -0.15) is 0 Å². The fourth-order valence-electron chi connectivity index (χ4n) is 1.84. The Morgan fingerprint density at radius 1 is 1.27 bits per heavy atom. The van der Waals surface area contributed by atoms with Crippen LogP contribution in [0, 0.1) is 5.41 Å². The number of rotatable bonds is 2. The number of hydrogen-bond acceptors (Lipinski definition) is 1. The smallest absolute Gasteiger partial charge is 0.0453 e. The van der Waals surface area contributed by atoms with E-state index < -0.39 is 0 Å². The summed E-state index contributed by atoms with van der Waals surface area (Å²) in [5.74, 6) is 0. The lowest BCUT2D eigenvalue weighted by Crippen LogP contribution is -2.03. The molecule has 1 heterocycles. The summed E-state index contributed by atoms with van der Waals surface area (Å²) in [6.45, 7) is 5.11. The first-order chi connectivity index (χ1) is 7.12. The van der Waals surface area contributed by atoms with E-state index in [0.29, 0.717) is 6.54 Å². The Morgan fingerprint density at radius 3 is 2.73 bits per heavy atom. The van der Waals surface area contributed by atoms with Crippen LogP contribution in [-0.4, -0.2) is 11.5 Å². The Bertz CT molecular complexity index is 408. The maximum absolute atomic E-state index is 5.59. The van der Waals surface area contributed by atoms with Crippen molar-refractivity contribution in [1.82, 2.24) is 4.98 Å². The van der Waals surface area contributed by atoms with E-state index in [1.807, 2.05) is 0 Å². The van der Waals surface area contributed by atoms with Gasteiger partial charge in [0.1, 0.15) is 0 Å². The van der Waals surface area contributed by atoms with E-state index in [1.165, 1.54) is 16.8 Å². The van der Waals surface area contributed by atoms with Crippen LogP contribution in [0.5, 0.6) is 0 Å². The van der Waals surface area contributed by atoms with E-state index in [9.17, 15) is 0 Å². The Hall–Kier alpha value is -1.28. The molecule has 0 fully saturated rings. The molecule has 0 spiro atoms. The molecule has 80 valence electrons. The predicted molar refractivity (Wildman–Crippen MR) is 65.4 cm³/mol. The molecule has 0 aliphatic heterocycles. The zero-order valence-electron chi connectivity index (χ0n) is 9.38. The summed E-state index contributed by atoms with van der Waals surface area (Å²) in [7, 11) is 0. The summed E-state index contributed by atoms with van der Waals surface area (Å²) in [6, 6.07) is 0. The highest BCUT2D eigenvalue weighted by Gasteiger charge is 2.15. The molecule has 1 aliphatic carbocycles. The monoisotopic (exact) mass is 202 g/mol. The second-order valence-electron chi connectivity index (χ2n) is 4.67. The Morgan fingerprint density at radius 2 is 2.00 bits per heavy atom. The van der Waals surface area contributed by atoms with Crippen molar-refractivity contribution >= 4 is 12.2 Å². The lowest BCUT2D eigenvalue weighted by Gasteiger charge is -2.12. The van der Waals surface area contributed by atoms with Crippen LogP contribution in [-0.2, 0) is 6.42 Å². The number of aromatic amines is 1. The first kappa shape index (κ1) is 10.2. The summed E-state index contributed by atoms with van der Waals surface area (Å²) in [5, 5.41) is 0. The van der Waals surface area contributed by atoms with Gasteiger partial charge in [0.15, 0.2) is 0 Å². The molecular formula is C13H18N2. The zero-order valence-corrected chi connectivity index (χ0v) is 9.38. The van der Waals surface area contributed by atoms with Gasteiger partial charge in [-0.25, -0.2) is 0 Å². The van der Waals surface area contributed by atoms with Crippen molar-refractivity contribution in [3.8, 4) is 0 Å². The molecule has 0 radical (unpaired) electrons. The highest BCUT2D eigenvalue weighted by molar-refractivity contribution is 5.69. The van der Waals surface area contributed by atoms with Gasteiger partial charge < -0.3 is 10.7 Å². The van der Waals surface area contributed by atoms with Gasteiger partial charge in [-0.05, 0) is 24.6 Å². The summed E-state index contributed by atoms with van der Waals surface area (Å²) < 4.78 is 0. The summed E-state index contributed by atoms with van der Waals surface area (Å²) in [6.07, 6.45) is 11.8. The van der Waals surface area contributed by atoms with Crippen LogP contribution in [0.3, 0.4) is 0 Å². The molecule has 0 saturated carbocycles. The van der Waals surface area contributed by atoms with Crippen LogP contribution < -0.4 is 5.73 Å². The van der Waals surface area contributed by atoms with Crippen LogP contribution in [0.4, 0.5) is 0 Å². The molecule has 1 aliphatic rings. The van der Waals surface area contributed by atoms with Gasteiger partial charge in [0.25, 0.3) is 0 Å². The molecule has 0 aromatic carbocycles. The van der Waals surface area contributed by atoms with Crippen LogP contribution in [0.15, 0.2) is 18.3 Å². The molecule has 1 aromatic heterocycles. The van der Waals surface area contributed by atoms with Gasteiger partial charge in [-0.15, -0.1) is 0 Å². The highest BCUT2D eigenvalue weighted by atomic mass is 14.7. The fraction of sp³-hybridized carbons (Fsp3) is 0.385. The molecule has 1 aromatic rings. The van der Waals surface area contributed by atoms with E-state index in [-0.39, 0.29) is 5.41 Å². The minimum absolute atomic E-state index is 0.139. The molecule has 15 heavy (non-hydrogen) atoms. The number of aromatic nitrogens is 1. The first-order valence-electron chi connectivity index (χ1n) is 5.41. The molecule has 0 unspecified atom stereocenters. The average molecular weight is 202 g/mol. The molecular weight excluding hydrogens is 184 g/mol. The molecule has 2 rings (SSSR count). The Labute approximate surface area is 90.9 Å². The third-order valence-corrected chi connectivity index (χ3v) is 2.81. The second-order valence-corrected chi connectivity index (χ2v) is 4.67. The van der Waals surface area contributed by atoms with Crippen molar-refractivity contribution in [2.75, 3.05) is 6.54 Å². The van der Waals surface area contributed by atoms with Gasteiger partial charge in [0, 0.05) is 22.9 Å². The minimum atomic E-state index is 0.139. The normalized spacial score (nSPS) is 17.5.